The Morgan fingerprint density at radius 1 is 1.30 bits per heavy atom. The molecule has 20 heavy (non-hydrogen) atoms. The maximum Gasteiger partial charge on any atom is 0.141 e. The van der Waals surface area contributed by atoms with Gasteiger partial charge in [-0.25, -0.2) is 4.39 Å². The molecule has 106 valence electrons. The second-order valence-electron chi connectivity index (χ2n) is 4.14. The summed E-state index contributed by atoms with van der Waals surface area (Å²) in [6.07, 6.45) is 0. The molecule has 2 aromatic rings. The van der Waals surface area contributed by atoms with Crippen molar-refractivity contribution in [2.24, 2.45) is 0 Å². The molecule has 0 heterocycles. The van der Waals surface area contributed by atoms with E-state index in [1.54, 1.807) is 18.2 Å². The number of benzene rings is 2. The molecule has 6 heteroatoms. The van der Waals surface area contributed by atoms with Crippen LogP contribution in [0.25, 0.3) is 0 Å². The molecule has 0 amide bonds. The van der Waals surface area contributed by atoms with Gasteiger partial charge in [0.1, 0.15) is 11.6 Å². The molecule has 0 saturated heterocycles. The zero-order chi connectivity index (χ0) is 14.7. The van der Waals surface area contributed by atoms with Crippen molar-refractivity contribution in [3.8, 4) is 5.75 Å². The molecular formula is C14H13ClFNO2S. The summed E-state index contributed by atoms with van der Waals surface area (Å²) in [5, 5.41) is -0.0459. The van der Waals surface area contributed by atoms with Gasteiger partial charge in [0.15, 0.2) is 0 Å². The average Bonchev–Trinajstić information content (AvgIpc) is 2.42. The first kappa shape index (κ1) is 14.8. The molecule has 3 nitrogen and oxygen atoms in total. The van der Waals surface area contributed by atoms with Crippen molar-refractivity contribution in [2.75, 3.05) is 12.8 Å². The summed E-state index contributed by atoms with van der Waals surface area (Å²) in [6, 6.07) is 9.16. The fraction of sp³-hybridized carbons (Fsp3) is 0.143. The van der Waals surface area contributed by atoms with E-state index >= 15 is 0 Å². The van der Waals surface area contributed by atoms with Crippen LogP contribution in [0.5, 0.6) is 5.75 Å². The lowest BCUT2D eigenvalue weighted by molar-refractivity contribution is 0.411. The quantitative estimate of drug-likeness (QED) is 0.880. The number of halogens is 2. The molecule has 1 atom stereocenters. The number of anilines is 1. The zero-order valence-electron chi connectivity index (χ0n) is 10.7. The van der Waals surface area contributed by atoms with E-state index in [0.717, 1.165) is 5.56 Å². The minimum absolute atomic E-state index is 0.0459. The van der Waals surface area contributed by atoms with Crippen LogP contribution < -0.4 is 10.5 Å². The molecule has 0 bridgehead atoms. The van der Waals surface area contributed by atoms with Crippen molar-refractivity contribution in [3.63, 3.8) is 0 Å². The van der Waals surface area contributed by atoms with Gasteiger partial charge in [-0.1, -0.05) is 11.6 Å². The summed E-state index contributed by atoms with van der Waals surface area (Å²) in [5.74, 6) is 0.297. The molecule has 0 saturated carbocycles. The van der Waals surface area contributed by atoms with Gasteiger partial charge in [0.05, 0.1) is 28.7 Å². The van der Waals surface area contributed by atoms with Crippen LogP contribution in [0.1, 0.15) is 5.56 Å². The van der Waals surface area contributed by atoms with Gasteiger partial charge >= 0.3 is 0 Å². The molecule has 0 aliphatic rings. The molecule has 2 rings (SSSR count). The number of nitrogens with two attached hydrogens (primary N) is 1. The third kappa shape index (κ3) is 3.29. The second kappa shape index (κ2) is 6.24. The standard InChI is InChI=1S/C14H13ClFNO2S/c1-19-14-5-2-10(17)6-9(14)8-20(18)11-3-4-13(16)12(15)7-11/h2-7H,8,17H2,1H3. The third-order valence-corrected chi connectivity index (χ3v) is 4.39. The van der Waals surface area contributed by atoms with Gasteiger partial charge in [-0.05, 0) is 36.4 Å². The van der Waals surface area contributed by atoms with E-state index in [-0.39, 0.29) is 10.8 Å². The Hall–Kier alpha value is -1.59. The van der Waals surface area contributed by atoms with Gasteiger partial charge in [0.25, 0.3) is 0 Å². The van der Waals surface area contributed by atoms with Crippen molar-refractivity contribution in [1.29, 1.82) is 0 Å². The van der Waals surface area contributed by atoms with Crippen molar-refractivity contribution >= 4 is 28.1 Å². The average molecular weight is 314 g/mol. The minimum Gasteiger partial charge on any atom is -0.496 e. The normalized spacial score (nSPS) is 12.2. The van der Waals surface area contributed by atoms with Crippen molar-refractivity contribution in [1.82, 2.24) is 0 Å². The molecule has 0 aromatic heterocycles. The summed E-state index contributed by atoms with van der Waals surface area (Å²) < 4.78 is 30.6. The lowest BCUT2D eigenvalue weighted by Crippen LogP contribution is -2.01. The molecule has 0 aliphatic carbocycles. The highest BCUT2D eigenvalue weighted by molar-refractivity contribution is 7.84. The lowest BCUT2D eigenvalue weighted by Gasteiger charge is -2.09. The Balaban J connectivity index is 2.27. The summed E-state index contributed by atoms with van der Waals surface area (Å²) in [6.45, 7) is 0. The van der Waals surface area contributed by atoms with E-state index in [2.05, 4.69) is 0 Å². The molecule has 0 spiro atoms. The van der Waals surface area contributed by atoms with E-state index in [1.807, 2.05) is 0 Å². The Morgan fingerprint density at radius 2 is 2.05 bits per heavy atom. The molecule has 0 radical (unpaired) electrons. The number of hydrogen-bond donors (Lipinski definition) is 1. The number of methoxy groups -OCH3 is 1. The predicted octanol–water partition coefficient (Wildman–Crippen LogP) is 3.38. The Kier molecular flexibility index (Phi) is 4.62. The van der Waals surface area contributed by atoms with Gasteiger partial charge in [0, 0.05) is 16.1 Å². The van der Waals surface area contributed by atoms with E-state index in [9.17, 15) is 8.60 Å². The van der Waals surface area contributed by atoms with Gasteiger partial charge < -0.3 is 10.5 Å². The predicted molar refractivity (Wildman–Crippen MR) is 78.9 cm³/mol. The highest BCUT2D eigenvalue weighted by Gasteiger charge is 2.12. The maximum atomic E-state index is 13.1. The maximum absolute atomic E-state index is 13.1. The minimum atomic E-state index is -1.36. The smallest absolute Gasteiger partial charge is 0.141 e. The largest absolute Gasteiger partial charge is 0.496 e. The van der Waals surface area contributed by atoms with Crippen LogP contribution in [-0.4, -0.2) is 11.3 Å². The van der Waals surface area contributed by atoms with Gasteiger partial charge in [0.2, 0.25) is 0 Å². The molecule has 1 unspecified atom stereocenters. The van der Waals surface area contributed by atoms with Crippen molar-refractivity contribution < 1.29 is 13.3 Å². The number of rotatable bonds is 4. The first-order valence-corrected chi connectivity index (χ1v) is 7.46. The summed E-state index contributed by atoms with van der Waals surface area (Å²) >= 11 is 5.69. The molecular weight excluding hydrogens is 301 g/mol. The monoisotopic (exact) mass is 313 g/mol. The second-order valence-corrected chi connectivity index (χ2v) is 6.00. The molecule has 0 fully saturated rings. The number of ether oxygens (including phenoxy) is 1. The zero-order valence-corrected chi connectivity index (χ0v) is 12.3. The summed E-state index contributed by atoms with van der Waals surface area (Å²) in [4.78, 5) is 0.459. The van der Waals surface area contributed by atoms with Gasteiger partial charge in [-0.3, -0.25) is 4.21 Å². The van der Waals surface area contributed by atoms with Crippen LogP contribution in [-0.2, 0) is 16.6 Å². The van der Waals surface area contributed by atoms with E-state index in [4.69, 9.17) is 22.1 Å². The highest BCUT2D eigenvalue weighted by Crippen LogP contribution is 2.25. The van der Waals surface area contributed by atoms with Crippen LogP contribution in [0, 0.1) is 5.82 Å². The van der Waals surface area contributed by atoms with E-state index < -0.39 is 16.6 Å². The Labute approximate surface area is 124 Å². The van der Waals surface area contributed by atoms with Gasteiger partial charge in [-0.2, -0.15) is 0 Å². The highest BCUT2D eigenvalue weighted by atomic mass is 35.5. The summed E-state index contributed by atoms with van der Waals surface area (Å²) in [7, 11) is 0.175. The Morgan fingerprint density at radius 3 is 2.70 bits per heavy atom. The first-order chi connectivity index (χ1) is 9.51. The molecule has 2 aromatic carbocycles. The van der Waals surface area contributed by atoms with Crippen LogP contribution >= 0.6 is 11.6 Å². The third-order valence-electron chi connectivity index (χ3n) is 2.75. The Bertz CT molecular complexity index is 664. The van der Waals surface area contributed by atoms with E-state index in [1.165, 1.54) is 25.3 Å². The SMILES string of the molecule is COc1ccc(N)cc1CS(=O)c1ccc(F)c(Cl)c1. The fourth-order valence-corrected chi connectivity index (χ4v) is 3.14. The van der Waals surface area contributed by atoms with Crippen LogP contribution in [0.2, 0.25) is 5.02 Å². The van der Waals surface area contributed by atoms with Crippen molar-refractivity contribution in [3.05, 3.63) is 52.8 Å². The lowest BCUT2D eigenvalue weighted by atomic mass is 10.2. The first-order valence-electron chi connectivity index (χ1n) is 5.77. The van der Waals surface area contributed by atoms with Gasteiger partial charge in [-0.15, -0.1) is 0 Å². The van der Waals surface area contributed by atoms with E-state index in [0.29, 0.717) is 16.3 Å². The molecule has 2 N–H and O–H groups in total. The van der Waals surface area contributed by atoms with Crippen molar-refractivity contribution in [2.45, 2.75) is 10.6 Å². The number of hydrogen-bond acceptors (Lipinski definition) is 3. The van der Waals surface area contributed by atoms with Crippen LogP contribution in [0.15, 0.2) is 41.3 Å². The fourth-order valence-electron chi connectivity index (χ4n) is 1.75. The van der Waals surface area contributed by atoms with Crippen LogP contribution in [0.3, 0.4) is 0 Å². The topological polar surface area (TPSA) is 52.3 Å². The molecule has 0 aliphatic heterocycles. The van der Waals surface area contributed by atoms with Crippen LogP contribution in [0.4, 0.5) is 10.1 Å². The summed E-state index contributed by atoms with van der Waals surface area (Å²) in [5.41, 5.74) is 7.01. The number of nitrogen functional groups attached to an aromatic ring is 1.